The van der Waals surface area contributed by atoms with Crippen LogP contribution in [0.25, 0.3) is 0 Å². The summed E-state index contributed by atoms with van der Waals surface area (Å²) in [5.74, 6) is 0. The maximum absolute atomic E-state index is 11.6. The molecule has 0 atom stereocenters. The van der Waals surface area contributed by atoms with Gasteiger partial charge < -0.3 is 10.6 Å². The molecule has 104 valence electrons. The number of anilines is 1. The number of allylic oxidation sites excluding steroid dienone is 1. The topological polar surface area (TPSA) is 41.1 Å². The summed E-state index contributed by atoms with van der Waals surface area (Å²) in [4.78, 5) is 11.6. The highest BCUT2D eigenvalue weighted by Crippen LogP contribution is 2.11. The van der Waals surface area contributed by atoms with Gasteiger partial charge in [-0.05, 0) is 43.9 Å². The van der Waals surface area contributed by atoms with Crippen molar-refractivity contribution in [2.24, 2.45) is 0 Å². The van der Waals surface area contributed by atoms with Gasteiger partial charge in [0.1, 0.15) is 0 Å². The van der Waals surface area contributed by atoms with Crippen molar-refractivity contribution in [1.29, 1.82) is 0 Å². The molecular weight excluding hydrogens is 236 g/mol. The smallest absolute Gasteiger partial charge is 0.314 e. The van der Waals surface area contributed by atoms with E-state index in [9.17, 15) is 4.79 Å². The Morgan fingerprint density at radius 3 is 2.47 bits per heavy atom. The molecule has 0 heterocycles. The minimum absolute atomic E-state index is 0.200. The number of rotatable bonds is 6. The number of hydrogen-bond donors (Lipinski definition) is 2. The first-order valence-electron chi connectivity index (χ1n) is 6.97. The van der Waals surface area contributed by atoms with E-state index in [1.165, 1.54) is 18.4 Å². The van der Waals surface area contributed by atoms with E-state index < -0.39 is 0 Å². The molecule has 0 aliphatic carbocycles. The van der Waals surface area contributed by atoms with Crippen molar-refractivity contribution in [2.75, 3.05) is 5.32 Å². The highest BCUT2D eigenvalue weighted by molar-refractivity contribution is 5.89. The Hall–Kier alpha value is -1.77. The lowest BCUT2D eigenvalue weighted by atomic mass is 10.1. The molecule has 1 aromatic carbocycles. The lowest BCUT2D eigenvalue weighted by Crippen LogP contribution is -2.24. The molecule has 0 unspecified atom stereocenters. The molecule has 0 bridgehead atoms. The molecule has 2 N–H and O–H groups in total. The van der Waals surface area contributed by atoms with Crippen molar-refractivity contribution in [2.45, 2.75) is 46.5 Å². The van der Waals surface area contributed by atoms with Crippen LogP contribution in [0.5, 0.6) is 0 Å². The molecule has 3 heteroatoms. The first-order valence-corrected chi connectivity index (χ1v) is 6.97. The van der Waals surface area contributed by atoms with Crippen LogP contribution in [0.15, 0.2) is 36.0 Å². The number of amides is 2. The van der Waals surface area contributed by atoms with Crippen molar-refractivity contribution in [3.63, 3.8) is 0 Å². The highest BCUT2D eigenvalue weighted by atomic mass is 16.2. The largest absolute Gasteiger partial charge is 0.323 e. The number of hydrogen-bond acceptors (Lipinski definition) is 1. The third-order valence-electron chi connectivity index (χ3n) is 3.04. The number of urea groups is 1. The van der Waals surface area contributed by atoms with Crippen LogP contribution >= 0.6 is 0 Å². The number of unbranched alkanes of at least 4 members (excludes halogenated alkanes) is 1. The van der Waals surface area contributed by atoms with E-state index in [1.807, 2.05) is 19.1 Å². The van der Waals surface area contributed by atoms with Gasteiger partial charge in [-0.25, -0.2) is 4.79 Å². The fourth-order valence-corrected chi connectivity index (χ4v) is 1.59. The maximum atomic E-state index is 11.6. The third-order valence-corrected chi connectivity index (χ3v) is 3.04. The van der Waals surface area contributed by atoms with Crippen LogP contribution in [0.1, 0.15) is 45.6 Å². The van der Waals surface area contributed by atoms with E-state index in [4.69, 9.17) is 0 Å². The van der Waals surface area contributed by atoms with Crippen molar-refractivity contribution in [3.05, 3.63) is 41.6 Å². The molecule has 0 radical (unpaired) electrons. The second-order valence-corrected chi connectivity index (χ2v) is 4.74. The zero-order chi connectivity index (χ0) is 14.1. The molecule has 0 aliphatic heterocycles. The van der Waals surface area contributed by atoms with Gasteiger partial charge in [0.25, 0.3) is 0 Å². The standard InChI is InChI=1S/C16H24N2O/c1-4-6-7-14-8-10-15(11-9-14)18-16(19)17-12-13(3)5-2/h8-12H,4-7H2,1-3H3,(H2,17,18,19)/b13-12+. The summed E-state index contributed by atoms with van der Waals surface area (Å²) in [5, 5.41) is 5.53. The summed E-state index contributed by atoms with van der Waals surface area (Å²) < 4.78 is 0. The Bertz CT molecular complexity index is 421. The molecule has 19 heavy (non-hydrogen) atoms. The monoisotopic (exact) mass is 260 g/mol. The van der Waals surface area contributed by atoms with Crippen LogP contribution < -0.4 is 10.6 Å². The van der Waals surface area contributed by atoms with Gasteiger partial charge in [-0.2, -0.15) is 0 Å². The van der Waals surface area contributed by atoms with E-state index >= 15 is 0 Å². The number of carbonyl (C=O) groups is 1. The average Bonchev–Trinajstić information content (AvgIpc) is 2.44. The average molecular weight is 260 g/mol. The normalized spacial score (nSPS) is 11.2. The summed E-state index contributed by atoms with van der Waals surface area (Å²) in [5.41, 5.74) is 3.28. The molecule has 2 amide bonds. The van der Waals surface area contributed by atoms with Crippen LogP contribution in [0.4, 0.5) is 10.5 Å². The number of benzene rings is 1. The van der Waals surface area contributed by atoms with Crippen molar-refractivity contribution in [3.8, 4) is 0 Å². The molecule has 1 aromatic rings. The molecule has 0 fully saturated rings. The molecule has 0 aromatic heterocycles. The van der Waals surface area contributed by atoms with Gasteiger partial charge in [-0.15, -0.1) is 0 Å². The number of carbonyl (C=O) groups excluding carboxylic acids is 1. The Balaban J connectivity index is 2.46. The maximum Gasteiger partial charge on any atom is 0.323 e. The van der Waals surface area contributed by atoms with E-state index in [-0.39, 0.29) is 6.03 Å². The zero-order valence-corrected chi connectivity index (χ0v) is 12.1. The lowest BCUT2D eigenvalue weighted by Gasteiger charge is -2.06. The summed E-state index contributed by atoms with van der Waals surface area (Å²) >= 11 is 0. The number of nitrogens with one attached hydrogen (secondary N) is 2. The van der Waals surface area contributed by atoms with Gasteiger partial charge in [-0.3, -0.25) is 0 Å². The minimum atomic E-state index is -0.200. The minimum Gasteiger partial charge on any atom is -0.314 e. The second kappa shape index (κ2) is 8.35. The van der Waals surface area contributed by atoms with Crippen molar-refractivity contribution >= 4 is 11.7 Å². The summed E-state index contributed by atoms with van der Waals surface area (Å²) in [7, 11) is 0. The van der Waals surface area contributed by atoms with Crippen LogP contribution in [-0.2, 0) is 6.42 Å². The van der Waals surface area contributed by atoms with Gasteiger partial charge in [0.05, 0.1) is 0 Å². The highest BCUT2D eigenvalue weighted by Gasteiger charge is 2.00. The first-order chi connectivity index (χ1) is 9.15. The van der Waals surface area contributed by atoms with E-state index in [0.717, 1.165) is 24.1 Å². The van der Waals surface area contributed by atoms with E-state index in [1.54, 1.807) is 6.20 Å². The Labute approximate surface area is 116 Å². The first kappa shape index (κ1) is 15.3. The van der Waals surface area contributed by atoms with E-state index in [0.29, 0.717) is 0 Å². The molecule has 3 nitrogen and oxygen atoms in total. The van der Waals surface area contributed by atoms with Crippen LogP contribution in [0.2, 0.25) is 0 Å². The van der Waals surface area contributed by atoms with Gasteiger partial charge >= 0.3 is 6.03 Å². The predicted molar refractivity (Wildman–Crippen MR) is 81.3 cm³/mol. The second-order valence-electron chi connectivity index (χ2n) is 4.74. The van der Waals surface area contributed by atoms with Gasteiger partial charge in [0.15, 0.2) is 0 Å². The Morgan fingerprint density at radius 1 is 1.21 bits per heavy atom. The Morgan fingerprint density at radius 2 is 1.89 bits per heavy atom. The fraction of sp³-hybridized carbons (Fsp3) is 0.438. The summed E-state index contributed by atoms with van der Waals surface area (Å²) in [6, 6.07) is 7.83. The molecule has 0 aliphatic rings. The number of aryl methyl sites for hydroxylation is 1. The SMILES string of the molecule is CCCCc1ccc(NC(=O)N/C=C(\C)CC)cc1. The molecule has 0 spiro atoms. The summed E-state index contributed by atoms with van der Waals surface area (Å²) in [6.07, 6.45) is 6.18. The molecule has 0 saturated heterocycles. The van der Waals surface area contributed by atoms with Crippen LogP contribution in [0.3, 0.4) is 0 Å². The summed E-state index contributed by atoms with van der Waals surface area (Å²) in [6.45, 7) is 6.23. The quantitative estimate of drug-likeness (QED) is 0.778. The van der Waals surface area contributed by atoms with Gasteiger partial charge in [0, 0.05) is 11.9 Å². The van der Waals surface area contributed by atoms with Gasteiger partial charge in [-0.1, -0.05) is 38.0 Å². The Kier molecular flexibility index (Phi) is 6.72. The molecule has 0 saturated carbocycles. The fourth-order valence-electron chi connectivity index (χ4n) is 1.59. The van der Waals surface area contributed by atoms with Gasteiger partial charge in [0.2, 0.25) is 0 Å². The van der Waals surface area contributed by atoms with Crippen molar-refractivity contribution in [1.82, 2.24) is 5.32 Å². The molecular formula is C16H24N2O. The third kappa shape index (κ3) is 6.09. The van der Waals surface area contributed by atoms with Crippen LogP contribution in [0, 0.1) is 0 Å². The van der Waals surface area contributed by atoms with E-state index in [2.05, 4.69) is 36.6 Å². The molecule has 1 rings (SSSR count). The van der Waals surface area contributed by atoms with Crippen molar-refractivity contribution < 1.29 is 4.79 Å². The van der Waals surface area contributed by atoms with Crippen LogP contribution in [-0.4, -0.2) is 6.03 Å². The lowest BCUT2D eigenvalue weighted by molar-refractivity contribution is 0.255. The zero-order valence-electron chi connectivity index (χ0n) is 12.1. The predicted octanol–water partition coefficient (Wildman–Crippen LogP) is 4.46.